The largest absolute Gasteiger partial charge is 0.478 e. The number of aryl methyl sites for hydroxylation is 1. The Morgan fingerprint density at radius 2 is 1.74 bits per heavy atom. The van der Waals surface area contributed by atoms with Gasteiger partial charge in [-0.05, 0) is 64.2 Å². The van der Waals surface area contributed by atoms with E-state index in [1.165, 1.54) is 6.33 Å². The lowest BCUT2D eigenvalue weighted by Gasteiger charge is -2.20. The highest BCUT2D eigenvalue weighted by Crippen LogP contribution is 2.26. The first-order chi connectivity index (χ1) is 16.7. The summed E-state index contributed by atoms with van der Waals surface area (Å²) in [5, 5.41) is 13.9. The summed E-state index contributed by atoms with van der Waals surface area (Å²) >= 11 is 0. The summed E-state index contributed by atoms with van der Waals surface area (Å²) < 4.78 is 1.70. The molecule has 35 heavy (non-hydrogen) atoms. The standard InChI is InChI=1S/C20H22N4O2.C6H9N3/c1-13-5-7-15(8-6-13)16-9-17(20(25)26)11-18(10-16)24-19(21-12-22-24)14(2)23(3)4;1-5(7)6-4-8-2-3-9-6/h5-12,14H,1-4H3,(H,25,26);2-5H,7H2,1H3. The van der Waals surface area contributed by atoms with E-state index in [0.717, 1.165) is 28.2 Å². The van der Waals surface area contributed by atoms with E-state index in [0.29, 0.717) is 5.69 Å². The van der Waals surface area contributed by atoms with Crippen molar-refractivity contribution in [2.45, 2.75) is 32.9 Å². The van der Waals surface area contributed by atoms with Crippen LogP contribution in [0.5, 0.6) is 0 Å². The van der Waals surface area contributed by atoms with Gasteiger partial charge in [0.25, 0.3) is 0 Å². The Bertz CT molecular complexity index is 1250. The molecule has 0 radical (unpaired) electrons. The predicted molar refractivity (Wildman–Crippen MR) is 135 cm³/mol. The summed E-state index contributed by atoms with van der Waals surface area (Å²) in [6.07, 6.45) is 6.43. The summed E-state index contributed by atoms with van der Waals surface area (Å²) in [6, 6.07) is 13.3. The summed E-state index contributed by atoms with van der Waals surface area (Å²) in [7, 11) is 3.93. The lowest BCUT2D eigenvalue weighted by Crippen LogP contribution is -2.21. The quantitative estimate of drug-likeness (QED) is 0.430. The van der Waals surface area contributed by atoms with E-state index in [1.54, 1.807) is 35.4 Å². The van der Waals surface area contributed by atoms with Crippen LogP contribution in [0.2, 0.25) is 0 Å². The Hall–Kier alpha value is -3.95. The smallest absolute Gasteiger partial charge is 0.335 e. The van der Waals surface area contributed by atoms with Crippen molar-refractivity contribution in [3.63, 3.8) is 0 Å². The van der Waals surface area contributed by atoms with Crippen LogP contribution in [-0.4, -0.2) is 54.8 Å². The van der Waals surface area contributed by atoms with Gasteiger partial charge in [0.05, 0.1) is 23.0 Å². The van der Waals surface area contributed by atoms with Crippen LogP contribution in [0.1, 0.15) is 53.4 Å². The fourth-order valence-corrected chi connectivity index (χ4v) is 3.28. The molecule has 4 aromatic rings. The molecule has 2 heterocycles. The molecule has 9 heteroatoms. The van der Waals surface area contributed by atoms with Crippen LogP contribution in [-0.2, 0) is 0 Å². The van der Waals surface area contributed by atoms with Gasteiger partial charge in [0.2, 0.25) is 0 Å². The number of nitrogens with zero attached hydrogens (tertiary/aromatic N) is 6. The molecule has 0 spiro atoms. The van der Waals surface area contributed by atoms with Crippen molar-refractivity contribution < 1.29 is 9.90 Å². The van der Waals surface area contributed by atoms with Gasteiger partial charge in [-0.25, -0.2) is 14.5 Å². The molecular formula is C26H31N7O2. The zero-order valence-electron chi connectivity index (χ0n) is 20.6. The molecule has 2 atom stereocenters. The third-order valence-corrected chi connectivity index (χ3v) is 5.57. The van der Waals surface area contributed by atoms with Crippen LogP contribution in [0.15, 0.2) is 67.4 Å². The predicted octanol–water partition coefficient (Wildman–Crippen LogP) is 4.06. The molecule has 0 aliphatic rings. The van der Waals surface area contributed by atoms with Gasteiger partial charge in [0.1, 0.15) is 12.2 Å². The number of carboxylic acids is 1. The second-order valence-corrected chi connectivity index (χ2v) is 8.53. The highest BCUT2D eigenvalue weighted by molar-refractivity contribution is 5.90. The molecule has 4 rings (SSSR count). The van der Waals surface area contributed by atoms with Crippen molar-refractivity contribution in [1.29, 1.82) is 0 Å². The highest BCUT2D eigenvalue weighted by atomic mass is 16.4. The normalized spacial score (nSPS) is 12.5. The van der Waals surface area contributed by atoms with Crippen LogP contribution in [0.3, 0.4) is 0 Å². The van der Waals surface area contributed by atoms with Crippen molar-refractivity contribution in [2.75, 3.05) is 14.1 Å². The van der Waals surface area contributed by atoms with E-state index in [1.807, 2.05) is 70.1 Å². The average molecular weight is 474 g/mol. The van der Waals surface area contributed by atoms with Crippen molar-refractivity contribution in [1.82, 2.24) is 29.6 Å². The molecule has 9 nitrogen and oxygen atoms in total. The lowest BCUT2D eigenvalue weighted by atomic mass is 10.0. The zero-order chi connectivity index (χ0) is 25.5. The van der Waals surface area contributed by atoms with Crippen LogP contribution in [0, 0.1) is 6.92 Å². The fourth-order valence-electron chi connectivity index (χ4n) is 3.28. The van der Waals surface area contributed by atoms with Gasteiger partial charge in [0, 0.05) is 24.6 Å². The number of carboxylic acid groups (broad SMARTS) is 1. The zero-order valence-corrected chi connectivity index (χ0v) is 20.6. The van der Waals surface area contributed by atoms with E-state index in [2.05, 4.69) is 20.1 Å². The van der Waals surface area contributed by atoms with Crippen molar-refractivity contribution in [3.05, 3.63) is 90.0 Å². The molecule has 3 N–H and O–H groups in total. The van der Waals surface area contributed by atoms with E-state index < -0.39 is 5.97 Å². The van der Waals surface area contributed by atoms with E-state index >= 15 is 0 Å². The number of aromatic carboxylic acids is 1. The molecule has 0 aliphatic heterocycles. The Morgan fingerprint density at radius 3 is 2.29 bits per heavy atom. The minimum atomic E-state index is -0.970. The molecular weight excluding hydrogens is 442 g/mol. The molecule has 0 fully saturated rings. The number of benzene rings is 2. The fraction of sp³-hybridized carbons (Fsp3) is 0.269. The number of nitrogens with two attached hydrogens (primary N) is 1. The molecule has 0 aliphatic carbocycles. The monoisotopic (exact) mass is 473 g/mol. The Labute approximate surface area is 205 Å². The SMILES string of the molecule is CC(N)c1cnccn1.Cc1ccc(-c2cc(C(=O)O)cc(-n3ncnc3C(C)N(C)C)c2)cc1. The van der Waals surface area contributed by atoms with Gasteiger partial charge < -0.3 is 10.8 Å². The molecule has 0 saturated heterocycles. The maximum absolute atomic E-state index is 11.6. The Morgan fingerprint density at radius 1 is 1.03 bits per heavy atom. The van der Waals surface area contributed by atoms with Gasteiger partial charge in [-0.1, -0.05) is 29.8 Å². The summed E-state index contributed by atoms with van der Waals surface area (Å²) in [5.74, 6) is -0.213. The van der Waals surface area contributed by atoms with Gasteiger partial charge >= 0.3 is 5.97 Å². The summed E-state index contributed by atoms with van der Waals surface area (Å²) in [4.78, 5) is 25.9. The minimum absolute atomic E-state index is 0.0151. The van der Waals surface area contributed by atoms with E-state index in [9.17, 15) is 9.90 Å². The number of rotatable bonds is 6. The second kappa shape index (κ2) is 11.5. The third-order valence-electron chi connectivity index (χ3n) is 5.57. The van der Waals surface area contributed by atoms with Crippen LogP contribution < -0.4 is 5.73 Å². The lowest BCUT2D eigenvalue weighted by molar-refractivity contribution is 0.0697. The van der Waals surface area contributed by atoms with Gasteiger partial charge in [-0.15, -0.1) is 0 Å². The van der Waals surface area contributed by atoms with Crippen molar-refractivity contribution >= 4 is 5.97 Å². The van der Waals surface area contributed by atoms with Crippen LogP contribution in [0.4, 0.5) is 0 Å². The van der Waals surface area contributed by atoms with Gasteiger partial charge in [0.15, 0.2) is 0 Å². The van der Waals surface area contributed by atoms with Crippen LogP contribution >= 0.6 is 0 Å². The average Bonchev–Trinajstić information content (AvgIpc) is 3.34. The molecule has 0 bridgehead atoms. The summed E-state index contributed by atoms with van der Waals surface area (Å²) in [5.41, 5.74) is 10.2. The first-order valence-electron chi connectivity index (χ1n) is 11.2. The number of carbonyl (C=O) groups is 1. The number of hydrogen-bond donors (Lipinski definition) is 2. The first kappa shape index (κ1) is 25.7. The van der Waals surface area contributed by atoms with Crippen molar-refractivity contribution in [3.8, 4) is 16.8 Å². The molecule has 0 amide bonds. The molecule has 2 aromatic heterocycles. The van der Waals surface area contributed by atoms with Gasteiger partial charge in [-0.2, -0.15) is 5.10 Å². The maximum atomic E-state index is 11.6. The second-order valence-electron chi connectivity index (χ2n) is 8.53. The molecule has 2 unspecified atom stereocenters. The van der Waals surface area contributed by atoms with E-state index in [4.69, 9.17) is 5.73 Å². The van der Waals surface area contributed by atoms with Crippen LogP contribution in [0.25, 0.3) is 16.8 Å². The van der Waals surface area contributed by atoms with Crippen molar-refractivity contribution in [2.24, 2.45) is 5.73 Å². The topological polar surface area (TPSA) is 123 Å². The molecule has 182 valence electrons. The molecule has 2 aromatic carbocycles. The number of aromatic nitrogens is 5. The number of hydrogen-bond acceptors (Lipinski definition) is 7. The Kier molecular flexibility index (Phi) is 8.40. The Balaban J connectivity index is 0.000000320. The van der Waals surface area contributed by atoms with E-state index in [-0.39, 0.29) is 17.6 Å². The first-order valence-corrected chi connectivity index (χ1v) is 11.2. The highest BCUT2D eigenvalue weighted by Gasteiger charge is 2.18. The summed E-state index contributed by atoms with van der Waals surface area (Å²) in [6.45, 7) is 5.93. The third kappa shape index (κ3) is 6.56. The molecule has 0 saturated carbocycles. The maximum Gasteiger partial charge on any atom is 0.335 e. The van der Waals surface area contributed by atoms with Gasteiger partial charge in [-0.3, -0.25) is 14.9 Å². The minimum Gasteiger partial charge on any atom is -0.478 e.